The summed E-state index contributed by atoms with van der Waals surface area (Å²) in [6.07, 6.45) is 2.61. The Hall–Kier alpha value is -1.31. The van der Waals surface area contributed by atoms with Crippen LogP contribution in [0.4, 0.5) is 0 Å². The average molecular weight is 314 g/mol. The molecule has 0 bridgehead atoms. The highest BCUT2D eigenvalue weighted by molar-refractivity contribution is 7.98. The number of amides is 1. The van der Waals surface area contributed by atoms with Gasteiger partial charge in [0, 0.05) is 24.6 Å². The number of hydrogen-bond donors (Lipinski definition) is 3. The fourth-order valence-corrected chi connectivity index (χ4v) is 2.55. The zero-order valence-corrected chi connectivity index (χ0v) is 13.3. The Labute approximate surface area is 128 Å². The fourth-order valence-electron chi connectivity index (χ4n) is 1.83. The number of aromatic nitrogens is 1. The van der Waals surface area contributed by atoms with Crippen LogP contribution in [-0.4, -0.2) is 50.9 Å². The van der Waals surface area contributed by atoms with Crippen LogP contribution in [0.15, 0.2) is 23.1 Å². The Morgan fingerprint density at radius 3 is 2.76 bits per heavy atom. The lowest BCUT2D eigenvalue weighted by Crippen LogP contribution is -2.42. The lowest BCUT2D eigenvalue weighted by molar-refractivity contribution is 0.0724. The lowest BCUT2D eigenvalue weighted by Gasteiger charge is -2.22. The van der Waals surface area contributed by atoms with Gasteiger partial charge in [0.25, 0.3) is 11.5 Å². The summed E-state index contributed by atoms with van der Waals surface area (Å²) in [6, 6.07) is 2.72. The molecular weight excluding hydrogens is 292 g/mol. The van der Waals surface area contributed by atoms with Gasteiger partial charge < -0.3 is 20.1 Å². The maximum Gasteiger partial charge on any atom is 0.252 e. The van der Waals surface area contributed by atoms with Crippen molar-refractivity contribution in [3.8, 4) is 0 Å². The number of aliphatic hydroxyl groups excluding tert-OH is 1. The molecule has 118 valence electrons. The van der Waals surface area contributed by atoms with Crippen LogP contribution in [0.2, 0.25) is 0 Å². The third-order valence-electron chi connectivity index (χ3n) is 2.79. The van der Waals surface area contributed by atoms with E-state index < -0.39 is 11.7 Å². The first-order chi connectivity index (χ1) is 9.75. The van der Waals surface area contributed by atoms with Gasteiger partial charge in [0.15, 0.2) is 0 Å². The van der Waals surface area contributed by atoms with Crippen LogP contribution in [0, 0.1) is 0 Å². The molecular formula is C14H22N2O4S. The second kappa shape index (κ2) is 7.63. The summed E-state index contributed by atoms with van der Waals surface area (Å²) in [6.45, 7) is 3.48. The van der Waals surface area contributed by atoms with Crippen molar-refractivity contribution >= 4 is 17.7 Å². The van der Waals surface area contributed by atoms with Crippen molar-refractivity contribution < 1.29 is 15.0 Å². The standard InChI is InChI=1S/C14H22N2O4S/c1-10(17)6-16-7-11(4-5-12(16)18)13(19)15-8-14(2,20)9-21-3/h4-5,7,10,17,20H,6,8-9H2,1-3H3,(H,15,19). The predicted molar refractivity (Wildman–Crippen MR) is 83.7 cm³/mol. The largest absolute Gasteiger partial charge is 0.392 e. The minimum absolute atomic E-state index is 0.127. The monoisotopic (exact) mass is 314 g/mol. The van der Waals surface area contributed by atoms with E-state index in [4.69, 9.17) is 0 Å². The van der Waals surface area contributed by atoms with Crippen molar-refractivity contribution in [3.05, 3.63) is 34.2 Å². The third kappa shape index (κ3) is 5.91. The molecule has 0 aliphatic carbocycles. The van der Waals surface area contributed by atoms with Crippen LogP contribution >= 0.6 is 11.8 Å². The summed E-state index contributed by atoms with van der Waals surface area (Å²) in [5, 5.41) is 22.0. The molecule has 0 fully saturated rings. The topological polar surface area (TPSA) is 91.6 Å². The van der Waals surface area contributed by atoms with Crippen molar-refractivity contribution in [3.63, 3.8) is 0 Å². The predicted octanol–water partition coefficient (Wildman–Crippen LogP) is 0.0729. The summed E-state index contributed by atoms with van der Waals surface area (Å²) in [5.41, 5.74) is -0.944. The molecule has 1 rings (SSSR count). The van der Waals surface area contributed by atoms with Crippen LogP contribution in [0.3, 0.4) is 0 Å². The number of rotatable bonds is 7. The minimum Gasteiger partial charge on any atom is -0.392 e. The van der Waals surface area contributed by atoms with Gasteiger partial charge in [-0.1, -0.05) is 0 Å². The second-order valence-electron chi connectivity index (χ2n) is 5.37. The first-order valence-corrected chi connectivity index (χ1v) is 8.02. The van der Waals surface area contributed by atoms with Crippen LogP contribution in [0.1, 0.15) is 24.2 Å². The van der Waals surface area contributed by atoms with Crippen molar-refractivity contribution in [2.24, 2.45) is 0 Å². The summed E-state index contributed by atoms with van der Waals surface area (Å²) in [5.74, 6) is 0.144. The molecule has 7 heteroatoms. The highest BCUT2D eigenvalue weighted by atomic mass is 32.2. The Morgan fingerprint density at radius 1 is 1.52 bits per heavy atom. The zero-order chi connectivity index (χ0) is 16.0. The fraction of sp³-hybridized carbons (Fsp3) is 0.571. The Bertz CT molecular complexity index is 540. The van der Waals surface area contributed by atoms with E-state index in [0.29, 0.717) is 11.3 Å². The lowest BCUT2D eigenvalue weighted by atomic mass is 10.1. The average Bonchev–Trinajstić information content (AvgIpc) is 2.38. The molecule has 1 aromatic heterocycles. The van der Waals surface area contributed by atoms with Crippen molar-refractivity contribution in [1.29, 1.82) is 0 Å². The van der Waals surface area contributed by atoms with Gasteiger partial charge in [-0.05, 0) is 26.2 Å². The summed E-state index contributed by atoms with van der Waals surface area (Å²) in [4.78, 5) is 23.6. The van der Waals surface area contributed by atoms with Crippen LogP contribution in [-0.2, 0) is 6.54 Å². The number of pyridine rings is 1. The molecule has 1 amide bonds. The number of nitrogens with zero attached hydrogens (tertiary/aromatic N) is 1. The quantitative estimate of drug-likeness (QED) is 0.662. The van der Waals surface area contributed by atoms with E-state index in [1.54, 1.807) is 13.8 Å². The SMILES string of the molecule is CSCC(C)(O)CNC(=O)c1ccc(=O)n(CC(C)O)c1. The summed E-state index contributed by atoms with van der Waals surface area (Å²) in [7, 11) is 0. The molecule has 0 aliphatic rings. The van der Waals surface area contributed by atoms with Crippen LogP contribution in [0.5, 0.6) is 0 Å². The molecule has 0 saturated carbocycles. The number of hydrogen-bond acceptors (Lipinski definition) is 5. The maximum atomic E-state index is 12.0. The molecule has 1 heterocycles. The number of carbonyl (C=O) groups excluding carboxylic acids is 1. The van der Waals surface area contributed by atoms with E-state index in [2.05, 4.69) is 5.32 Å². The van der Waals surface area contributed by atoms with Gasteiger partial charge >= 0.3 is 0 Å². The smallest absolute Gasteiger partial charge is 0.252 e. The van der Waals surface area contributed by atoms with Crippen molar-refractivity contribution in [1.82, 2.24) is 9.88 Å². The van der Waals surface area contributed by atoms with Gasteiger partial charge in [-0.2, -0.15) is 11.8 Å². The third-order valence-corrected chi connectivity index (χ3v) is 3.70. The molecule has 3 N–H and O–H groups in total. The first-order valence-electron chi connectivity index (χ1n) is 6.63. The van der Waals surface area contributed by atoms with Crippen molar-refractivity contribution in [2.75, 3.05) is 18.6 Å². The highest BCUT2D eigenvalue weighted by Crippen LogP contribution is 2.09. The Balaban J connectivity index is 2.77. The van der Waals surface area contributed by atoms with E-state index >= 15 is 0 Å². The van der Waals surface area contributed by atoms with Gasteiger partial charge in [-0.25, -0.2) is 0 Å². The number of nitrogens with one attached hydrogen (secondary N) is 1. The van der Waals surface area contributed by atoms with Crippen LogP contribution in [0.25, 0.3) is 0 Å². The Morgan fingerprint density at radius 2 is 2.19 bits per heavy atom. The van der Waals surface area contributed by atoms with E-state index in [9.17, 15) is 19.8 Å². The van der Waals surface area contributed by atoms with E-state index in [1.807, 2.05) is 6.26 Å². The van der Waals surface area contributed by atoms with Gasteiger partial charge in [0.2, 0.25) is 0 Å². The first kappa shape index (κ1) is 17.7. The minimum atomic E-state index is -0.983. The normalized spacial score (nSPS) is 15.3. The number of aliphatic hydroxyl groups is 2. The molecule has 1 aromatic rings. The molecule has 0 aliphatic heterocycles. The van der Waals surface area contributed by atoms with Gasteiger partial charge in [-0.15, -0.1) is 0 Å². The summed E-state index contributed by atoms with van der Waals surface area (Å²) >= 11 is 1.49. The zero-order valence-electron chi connectivity index (χ0n) is 12.5. The van der Waals surface area contributed by atoms with Gasteiger partial charge in [-0.3, -0.25) is 9.59 Å². The van der Waals surface area contributed by atoms with Crippen molar-refractivity contribution in [2.45, 2.75) is 32.1 Å². The molecule has 2 unspecified atom stereocenters. The molecule has 0 spiro atoms. The summed E-state index contributed by atoms with van der Waals surface area (Å²) < 4.78 is 1.29. The van der Waals surface area contributed by atoms with Gasteiger partial charge in [0.1, 0.15) is 0 Å². The highest BCUT2D eigenvalue weighted by Gasteiger charge is 2.21. The molecule has 6 nitrogen and oxygen atoms in total. The Kier molecular flexibility index (Phi) is 6.44. The van der Waals surface area contributed by atoms with Crippen LogP contribution < -0.4 is 10.9 Å². The maximum absolute atomic E-state index is 12.0. The van der Waals surface area contributed by atoms with E-state index in [1.165, 1.54) is 34.7 Å². The molecule has 21 heavy (non-hydrogen) atoms. The number of carbonyl (C=O) groups is 1. The van der Waals surface area contributed by atoms with E-state index in [-0.39, 0.29) is 24.6 Å². The molecule has 0 saturated heterocycles. The second-order valence-corrected chi connectivity index (χ2v) is 6.24. The number of thioether (sulfide) groups is 1. The molecule has 0 aromatic carbocycles. The molecule has 0 radical (unpaired) electrons. The molecule has 2 atom stereocenters. The van der Waals surface area contributed by atoms with Gasteiger partial charge in [0.05, 0.1) is 23.8 Å². The van der Waals surface area contributed by atoms with E-state index in [0.717, 1.165) is 0 Å².